The average molecular weight is 242 g/mol. The van der Waals surface area contributed by atoms with Crippen molar-refractivity contribution in [3.8, 4) is 11.6 Å². The van der Waals surface area contributed by atoms with Crippen LogP contribution in [0.2, 0.25) is 0 Å². The summed E-state index contributed by atoms with van der Waals surface area (Å²) < 4.78 is 5.82. The first-order chi connectivity index (χ1) is 8.70. The molecule has 2 rings (SSSR count). The molecular formula is C15H18N2O. The lowest BCUT2D eigenvalue weighted by molar-refractivity contribution is 0.451. The van der Waals surface area contributed by atoms with Crippen molar-refractivity contribution in [2.45, 2.75) is 26.3 Å². The zero-order valence-electron chi connectivity index (χ0n) is 10.8. The number of aryl methyl sites for hydroxylation is 1. The fourth-order valence-corrected chi connectivity index (χ4v) is 1.78. The highest BCUT2D eigenvalue weighted by Crippen LogP contribution is 2.26. The minimum atomic E-state index is -0.0944. The van der Waals surface area contributed by atoms with Gasteiger partial charge in [-0.1, -0.05) is 25.1 Å². The predicted molar refractivity (Wildman–Crippen MR) is 72.7 cm³/mol. The number of ether oxygens (including phenoxy) is 1. The molecule has 3 heteroatoms. The van der Waals surface area contributed by atoms with Crippen molar-refractivity contribution in [2.24, 2.45) is 5.73 Å². The number of nitrogens with zero attached hydrogens (tertiary/aromatic N) is 1. The van der Waals surface area contributed by atoms with Gasteiger partial charge in [0.2, 0.25) is 5.88 Å². The molecule has 0 spiro atoms. The van der Waals surface area contributed by atoms with Crippen LogP contribution in [0.15, 0.2) is 42.6 Å². The van der Waals surface area contributed by atoms with Crippen LogP contribution < -0.4 is 10.5 Å². The van der Waals surface area contributed by atoms with Crippen LogP contribution in [-0.4, -0.2) is 4.98 Å². The first kappa shape index (κ1) is 12.6. The molecule has 0 saturated heterocycles. The van der Waals surface area contributed by atoms with Crippen LogP contribution in [0.3, 0.4) is 0 Å². The van der Waals surface area contributed by atoms with Crippen molar-refractivity contribution in [3.63, 3.8) is 0 Å². The molecule has 0 aliphatic carbocycles. The molecule has 1 heterocycles. The van der Waals surface area contributed by atoms with E-state index in [2.05, 4.69) is 18.0 Å². The number of aromatic nitrogens is 1. The Hall–Kier alpha value is -1.87. The van der Waals surface area contributed by atoms with Gasteiger partial charge in [0.25, 0.3) is 0 Å². The van der Waals surface area contributed by atoms with E-state index in [9.17, 15) is 0 Å². The van der Waals surface area contributed by atoms with Gasteiger partial charge in [-0.15, -0.1) is 0 Å². The Labute approximate surface area is 108 Å². The molecule has 0 amide bonds. The Kier molecular flexibility index (Phi) is 3.95. The van der Waals surface area contributed by atoms with Crippen molar-refractivity contribution in [2.75, 3.05) is 0 Å². The maximum absolute atomic E-state index is 5.90. The molecule has 0 fully saturated rings. The Morgan fingerprint density at radius 1 is 1.28 bits per heavy atom. The molecule has 0 radical (unpaired) electrons. The summed E-state index contributed by atoms with van der Waals surface area (Å²) in [5, 5.41) is 0. The standard InChI is InChI=1S/C15H18N2O/c1-3-12-6-4-7-13(10-12)18-15-14(11(2)16)8-5-9-17-15/h4-11H,3,16H2,1-2H3. The van der Waals surface area contributed by atoms with Crippen molar-refractivity contribution in [1.82, 2.24) is 4.98 Å². The molecular weight excluding hydrogens is 224 g/mol. The van der Waals surface area contributed by atoms with Gasteiger partial charge in [-0.05, 0) is 37.1 Å². The maximum Gasteiger partial charge on any atom is 0.223 e. The first-order valence-electron chi connectivity index (χ1n) is 6.18. The molecule has 18 heavy (non-hydrogen) atoms. The molecule has 2 N–H and O–H groups in total. The molecule has 3 nitrogen and oxygen atoms in total. The van der Waals surface area contributed by atoms with E-state index in [0.29, 0.717) is 5.88 Å². The second kappa shape index (κ2) is 5.65. The van der Waals surface area contributed by atoms with Crippen LogP contribution in [0.5, 0.6) is 11.6 Å². The Balaban J connectivity index is 2.28. The van der Waals surface area contributed by atoms with Gasteiger partial charge in [0.1, 0.15) is 5.75 Å². The molecule has 0 bridgehead atoms. The van der Waals surface area contributed by atoms with Gasteiger partial charge >= 0.3 is 0 Å². The van der Waals surface area contributed by atoms with E-state index in [1.165, 1.54) is 5.56 Å². The van der Waals surface area contributed by atoms with E-state index in [-0.39, 0.29) is 6.04 Å². The van der Waals surface area contributed by atoms with Crippen LogP contribution in [0.1, 0.15) is 31.0 Å². The molecule has 1 aromatic carbocycles. The van der Waals surface area contributed by atoms with E-state index in [1.807, 2.05) is 37.3 Å². The summed E-state index contributed by atoms with van der Waals surface area (Å²) >= 11 is 0. The van der Waals surface area contributed by atoms with Crippen LogP contribution in [0.25, 0.3) is 0 Å². The molecule has 2 aromatic rings. The lowest BCUT2D eigenvalue weighted by atomic mass is 10.1. The van der Waals surface area contributed by atoms with E-state index in [4.69, 9.17) is 10.5 Å². The Morgan fingerprint density at radius 2 is 2.11 bits per heavy atom. The van der Waals surface area contributed by atoms with Crippen LogP contribution >= 0.6 is 0 Å². The third-order valence-electron chi connectivity index (χ3n) is 2.81. The van der Waals surface area contributed by atoms with Crippen LogP contribution in [0.4, 0.5) is 0 Å². The summed E-state index contributed by atoms with van der Waals surface area (Å²) in [7, 11) is 0. The predicted octanol–water partition coefficient (Wildman–Crippen LogP) is 3.46. The van der Waals surface area contributed by atoms with E-state index < -0.39 is 0 Å². The third kappa shape index (κ3) is 2.87. The largest absolute Gasteiger partial charge is 0.439 e. The van der Waals surface area contributed by atoms with Gasteiger partial charge in [-0.2, -0.15) is 0 Å². The Bertz CT molecular complexity index is 523. The zero-order valence-corrected chi connectivity index (χ0v) is 10.8. The highest BCUT2D eigenvalue weighted by Gasteiger charge is 2.09. The van der Waals surface area contributed by atoms with Gasteiger partial charge in [-0.3, -0.25) is 0 Å². The average Bonchev–Trinajstić information content (AvgIpc) is 2.39. The molecule has 0 aliphatic rings. The number of hydrogen-bond donors (Lipinski definition) is 1. The fourth-order valence-electron chi connectivity index (χ4n) is 1.78. The first-order valence-corrected chi connectivity index (χ1v) is 6.18. The molecule has 0 saturated carbocycles. The fraction of sp³-hybridized carbons (Fsp3) is 0.267. The molecule has 94 valence electrons. The smallest absolute Gasteiger partial charge is 0.223 e. The normalized spacial score (nSPS) is 12.2. The summed E-state index contributed by atoms with van der Waals surface area (Å²) in [4.78, 5) is 4.25. The van der Waals surface area contributed by atoms with Crippen LogP contribution in [0, 0.1) is 0 Å². The molecule has 1 atom stereocenters. The van der Waals surface area contributed by atoms with E-state index in [0.717, 1.165) is 17.7 Å². The topological polar surface area (TPSA) is 48.1 Å². The van der Waals surface area contributed by atoms with E-state index in [1.54, 1.807) is 6.20 Å². The second-order valence-corrected chi connectivity index (χ2v) is 4.29. The molecule has 1 unspecified atom stereocenters. The second-order valence-electron chi connectivity index (χ2n) is 4.29. The van der Waals surface area contributed by atoms with Crippen molar-refractivity contribution >= 4 is 0 Å². The summed E-state index contributed by atoms with van der Waals surface area (Å²) in [6, 6.07) is 11.7. The van der Waals surface area contributed by atoms with Gasteiger partial charge < -0.3 is 10.5 Å². The van der Waals surface area contributed by atoms with Gasteiger partial charge in [0, 0.05) is 17.8 Å². The summed E-state index contributed by atoms with van der Waals surface area (Å²) in [5.41, 5.74) is 8.06. The van der Waals surface area contributed by atoms with Gasteiger partial charge in [0.05, 0.1) is 0 Å². The van der Waals surface area contributed by atoms with Crippen molar-refractivity contribution in [3.05, 3.63) is 53.7 Å². The lowest BCUT2D eigenvalue weighted by Crippen LogP contribution is -2.07. The SMILES string of the molecule is CCc1cccc(Oc2ncccc2C(C)N)c1. The van der Waals surface area contributed by atoms with Crippen molar-refractivity contribution in [1.29, 1.82) is 0 Å². The minimum absolute atomic E-state index is 0.0944. The van der Waals surface area contributed by atoms with Gasteiger partial charge in [0.15, 0.2) is 0 Å². The quantitative estimate of drug-likeness (QED) is 0.893. The maximum atomic E-state index is 5.90. The highest BCUT2D eigenvalue weighted by atomic mass is 16.5. The molecule has 0 aliphatic heterocycles. The number of benzene rings is 1. The minimum Gasteiger partial charge on any atom is -0.439 e. The van der Waals surface area contributed by atoms with Crippen LogP contribution in [-0.2, 0) is 6.42 Å². The van der Waals surface area contributed by atoms with Gasteiger partial charge in [-0.25, -0.2) is 4.98 Å². The highest BCUT2D eigenvalue weighted by molar-refractivity contribution is 5.35. The number of rotatable bonds is 4. The summed E-state index contributed by atoms with van der Waals surface area (Å²) in [6.45, 7) is 4.04. The molecule has 1 aromatic heterocycles. The monoisotopic (exact) mass is 242 g/mol. The number of nitrogens with two attached hydrogens (primary N) is 1. The Morgan fingerprint density at radius 3 is 2.83 bits per heavy atom. The van der Waals surface area contributed by atoms with E-state index >= 15 is 0 Å². The number of hydrogen-bond acceptors (Lipinski definition) is 3. The third-order valence-corrected chi connectivity index (χ3v) is 2.81. The number of pyridine rings is 1. The summed E-state index contributed by atoms with van der Waals surface area (Å²) in [6.07, 6.45) is 2.70. The summed E-state index contributed by atoms with van der Waals surface area (Å²) in [5.74, 6) is 1.38. The lowest BCUT2D eigenvalue weighted by Gasteiger charge is -2.12. The zero-order chi connectivity index (χ0) is 13.0. The van der Waals surface area contributed by atoms with Crippen molar-refractivity contribution < 1.29 is 4.74 Å².